The van der Waals surface area contributed by atoms with Crippen LogP contribution in [0.15, 0.2) is 48.7 Å². The van der Waals surface area contributed by atoms with Gasteiger partial charge in [-0.25, -0.2) is 9.78 Å². The zero-order valence-electron chi connectivity index (χ0n) is 20.1. The van der Waals surface area contributed by atoms with Crippen molar-refractivity contribution in [1.82, 2.24) is 9.55 Å². The zero-order chi connectivity index (χ0) is 24.9. The lowest BCUT2D eigenvalue weighted by molar-refractivity contribution is -0.113. The van der Waals surface area contributed by atoms with Gasteiger partial charge in [-0.15, -0.1) is 0 Å². The van der Waals surface area contributed by atoms with Gasteiger partial charge in [-0.1, -0.05) is 62.6 Å². The van der Waals surface area contributed by atoms with Crippen molar-refractivity contribution >= 4 is 40.8 Å². The first-order chi connectivity index (χ1) is 16.9. The van der Waals surface area contributed by atoms with Gasteiger partial charge in [0.1, 0.15) is 5.82 Å². The zero-order valence-corrected chi connectivity index (χ0v) is 20.9. The van der Waals surface area contributed by atoms with Crippen LogP contribution >= 0.6 is 11.6 Å². The minimum absolute atomic E-state index is 0.00588. The second-order valence-electron chi connectivity index (χ2n) is 8.79. The molecule has 2 aromatic carbocycles. The van der Waals surface area contributed by atoms with Crippen LogP contribution in [0, 0.1) is 0 Å². The van der Waals surface area contributed by atoms with E-state index in [2.05, 4.69) is 23.4 Å². The Morgan fingerprint density at radius 3 is 2.60 bits per heavy atom. The number of para-hydroxylation sites is 1. The number of carbonyl (C=O) groups is 2. The molecule has 0 fully saturated rings. The first kappa shape index (κ1) is 24.7. The number of hydrogen-bond donors (Lipinski definition) is 1. The van der Waals surface area contributed by atoms with Crippen LogP contribution in [0.5, 0.6) is 0 Å². The van der Waals surface area contributed by atoms with Gasteiger partial charge in [0.15, 0.2) is 0 Å². The predicted molar refractivity (Wildman–Crippen MR) is 140 cm³/mol. The summed E-state index contributed by atoms with van der Waals surface area (Å²) in [6, 6.07) is 12.7. The lowest BCUT2D eigenvalue weighted by Crippen LogP contribution is -2.27. The second-order valence-corrected chi connectivity index (χ2v) is 9.19. The molecule has 0 aliphatic carbocycles. The Balaban J connectivity index is 1.75. The Kier molecular flexibility index (Phi) is 7.71. The van der Waals surface area contributed by atoms with Crippen molar-refractivity contribution in [2.45, 2.75) is 52.5 Å². The Morgan fingerprint density at radius 2 is 1.89 bits per heavy atom. The number of aromatic nitrogens is 2. The Labute approximate surface area is 210 Å². The summed E-state index contributed by atoms with van der Waals surface area (Å²) in [5.41, 5.74) is 4.31. The monoisotopic (exact) mass is 491 g/mol. The van der Waals surface area contributed by atoms with Crippen LogP contribution in [0.1, 0.15) is 72.5 Å². The van der Waals surface area contributed by atoms with Crippen molar-refractivity contribution < 1.29 is 14.7 Å². The van der Waals surface area contributed by atoms with Crippen LogP contribution in [-0.2, 0) is 17.8 Å². The smallest absolute Gasteiger partial charge is 0.335 e. The van der Waals surface area contributed by atoms with E-state index < -0.39 is 5.97 Å². The van der Waals surface area contributed by atoms with Crippen LogP contribution in [0.4, 0.5) is 5.69 Å². The SMILES string of the molecule is CCCCc1ncc(C=C2C(=O)N(CCCC)c3ccccc32)n1Cc1ccc(C(=O)O)cc1Cl. The highest BCUT2D eigenvalue weighted by Crippen LogP contribution is 2.38. The molecule has 0 saturated carbocycles. The van der Waals surface area contributed by atoms with E-state index in [1.54, 1.807) is 12.1 Å². The summed E-state index contributed by atoms with van der Waals surface area (Å²) in [6.07, 6.45) is 8.52. The number of fused-ring (bicyclic) bond motifs is 1. The number of anilines is 1. The summed E-state index contributed by atoms with van der Waals surface area (Å²) in [7, 11) is 0. The number of hydrogen-bond acceptors (Lipinski definition) is 3. The summed E-state index contributed by atoms with van der Waals surface area (Å²) in [5, 5.41) is 9.66. The van der Waals surface area contributed by atoms with Crippen LogP contribution in [0.3, 0.4) is 0 Å². The van der Waals surface area contributed by atoms with Crippen molar-refractivity contribution in [3.8, 4) is 0 Å². The van der Waals surface area contributed by atoms with E-state index in [1.807, 2.05) is 41.4 Å². The summed E-state index contributed by atoms with van der Waals surface area (Å²) >= 11 is 6.45. The molecule has 4 rings (SSSR count). The van der Waals surface area contributed by atoms with E-state index in [0.29, 0.717) is 23.7 Å². The number of unbranched alkanes of at least 4 members (excludes halogenated alkanes) is 2. The summed E-state index contributed by atoms with van der Waals surface area (Å²) in [5.74, 6) is -0.0915. The second kappa shape index (κ2) is 10.9. The standard InChI is InChI=1S/C28H30ClN3O3/c1-3-5-11-26-30-17-21(32(26)18-20-13-12-19(28(34)35)15-24(20)29)16-23-22-9-7-8-10-25(22)31(27(23)33)14-6-4-2/h7-10,12-13,15-17H,3-6,11,14,18H2,1-2H3,(H,34,35). The third kappa shape index (κ3) is 5.17. The van der Waals surface area contributed by atoms with E-state index in [0.717, 1.165) is 60.4 Å². The topological polar surface area (TPSA) is 75.4 Å². The average molecular weight is 492 g/mol. The highest BCUT2D eigenvalue weighted by Gasteiger charge is 2.31. The molecule has 1 aliphatic rings. The molecular formula is C28H30ClN3O3. The van der Waals surface area contributed by atoms with Crippen LogP contribution < -0.4 is 4.90 Å². The Morgan fingerprint density at radius 1 is 1.11 bits per heavy atom. The number of rotatable bonds is 10. The van der Waals surface area contributed by atoms with Gasteiger partial charge < -0.3 is 14.6 Å². The fraction of sp³-hybridized carbons (Fsp3) is 0.321. The molecule has 6 nitrogen and oxygen atoms in total. The minimum Gasteiger partial charge on any atom is -0.478 e. The number of benzene rings is 2. The van der Waals surface area contributed by atoms with Gasteiger partial charge in [-0.3, -0.25) is 4.79 Å². The normalized spacial score (nSPS) is 14.1. The van der Waals surface area contributed by atoms with Crippen molar-refractivity contribution in [3.63, 3.8) is 0 Å². The van der Waals surface area contributed by atoms with Crippen LogP contribution in [-0.4, -0.2) is 33.1 Å². The Hall–Kier alpha value is -3.38. The molecule has 0 radical (unpaired) electrons. The number of nitrogens with zero attached hydrogens (tertiary/aromatic N) is 3. The van der Waals surface area contributed by atoms with Crippen molar-refractivity contribution in [2.75, 3.05) is 11.4 Å². The molecule has 0 saturated heterocycles. The Bertz CT molecular complexity index is 1280. The summed E-state index contributed by atoms with van der Waals surface area (Å²) in [4.78, 5) is 31.3. The quantitative estimate of drug-likeness (QED) is 0.337. The molecule has 0 unspecified atom stereocenters. The molecule has 0 bridgehead atoms. The first-order valence-corrected chi connectivity index (χ1v) is 12.5. The molecule has 2 heterocycles. The maximum absolute atomic E-state index is 13.4. The van der Waals surface area contributed by atoms with Gasteiger partial charge in [-0.2, -0.15) is 0 Å². The number of aryl methyl sites for hydroxylation is 1. The molecule has 1 amide bonds. The predicted octanol–water partition coefficient (Wildman–Crippen LogP) is 6.31. The van der Waals surface area contributed by atoms with E-state index >= 15 is 0 Å². The van der Waals surface area contributed by atoms with Crippen molar-refractivity contribution in [2.24, 2.45) is 0 Å². The molecule has 35 heavy (non-hydrogen) atoms. The van der Waals surface area contributed by atoms with E-state index in [9.17, 15) is 14.7 Å². The van der Waals surface area contributed by atoms with E-state index in [1.165, 1.54) is 6.07 Å². The molecule has 1 aliphatic heterocycles. The van der Waals surface area contributed by atoms with E-state index in [-0.39, 0.29) is 11.5 Å². The van der Waals surface area contributed by atoms with Crippen molar-refractivity contribution in [1.29, 1.82) is 0 Å². The van der Waals surface area contributed by atoms with Gasteiger partial charge in [0, 0.05) is 23.6 Å². The van der Waals surface area contributed by atoms with Gasteiger partial charge in [0.2, 0.25) is 0 Å². The maximum atomic E-state index is 13.4. The fourth-order valence-electron chi connectivity index (χ4n) is 4.37. The summed E-state index contributed by atoms with van der Waals surface area (Å²) < 4.78 is 2.08. The molecule has 182 valence electrons. The van der Waals surface area contributed by atoms with Crippen LogP contribution in [0.2, 0.25) is 5.02 Å². The third-order valence-electron chi connectivity index (χ3n) is 6.34. The molecule has 0 atom stereocenters. The fourth-order valence-corrected chi connectivity index (χ4v) is 4.61. The number of carboxylic acid groups (broad SMARTS) is 1. The molecular weight excluding hydrogens is 462 g/mol. The number of aromatic carboxylic acids is 1. The summed E-state index contributed by atoms with van der Waals surface area (Å²) in [6.45, 7) is 5.38. The highest BCUT2D eigenvalue weighted by molar-refractivity contribution is 6.35. The van der Waals surface area contributed by atoms with Gasteiger partial charge in [-0.05, 0) is 42.7 Å². The lowest BCUT2D eigenvalue weighted by Gasteiger charge is -2.16. The maximum Gasteiger partial charge on any atom is 0.335 e. The molecule has 1 N–H and O–H groups in total. The molecule has 3 aromatic rings. The average Bonchev–Trinajstić information content (AvgIpc) is 3.35. The van der Waals surface area contributed by atoms with Crippen LogP contribution in [0.25, 0.3) is 11.6 Å². The lowest BCUT2D eigenvalue weighted by atomic mass is 10.1. The van der Waals surface area contributed by atoms with Crippen molar-refractivity contribution in [3.05, 3.63) is 81.9 Å². The van der Waals surface area contributed by atoms with Gasteiger partial charge in [0.25, 0.3) is 5.91 Å². The number of imidazole rings is 1. The number of carboxylic acids is 1. The van der Waals surface area contributed by atoms with E-state index in [4.69, 9.17) is 11.6 Å². The third-order valence-corrected chi connectivity index (χ3v) is 6.69. The molecule has 0 spiro atoms. The number of carbonyl (C=O) groups excluding carboxylic acids is 1. The number of amides is 1. The largest absolute Gasteiger partial charge is 0.478 e. The number of halogens is 1. The highest BCUT2D eigenvalue weighted by atomic mass is 35.5. The first-order valence-electron chi connectivity index (χ1n) is 12.1. The molecule has 7 heteroatoms. The molecule has 1 aromatic heterocycles. The minimum atomic E-state index is -1.01. The van der Waals surface area contributed by atoms with Gasteiger partial charge in [0.05, 0.1) is 35.3 Å². The van der Waals surface area contributed by atoms with Gasteiger partial charge >= 0.3 is 5.97 Å².